The number of carbonyl (C=O) groups excluding carboxylic acids is 8. The van der Waals surface area contributed by atoms with Gasteiger partial charge in [0.05, 0.1) is 88.6 Å². The van der Waals surface area contributed by atoms with E-state index in [9.17, 15) is 83.4 Å². The molecular weight excluding hydrogens is 1440 g/mol. The molecule has 6 aliphatic carbocycles. The Morgan fingerprint density at radius 2 is 0.712 bits per heavy atom. The van der Waals surface area contributed by atoms with Crippen LogP contribution in [0.2, 0.25) is 0 Å². The van der Waals surface area contributed by atoms with Crippen LogP contribution in [0.3, 0.4) is 0 Å². The Balaban J connectivity index is 0.000000177. The van der Waals surface area contributed by atoms with Crippen LogP contribution in [-0.4, -0.2) is 137 Å². The first-order chi connectivity index (χ1) is 52.6. The predicted molar refractivity (Wildman–Crippen MR) is 392 cm³/mol. The highest BCUT2D eigenvalue weighted by molar-refractivity contribution is 6.13. The van der Waals surface area contributed by atoms with Crippen molar-refractivity contribution in [2.75, 3.05) is 42.7 Å². The molecule has 0 spiro atoms. The number of aliphatic carboxylic acids is 5. The number of carboxylic acid groups (broad SMARTS) is 5. The van der Waals surface area contributed by atoms with Crippen molar-refractivity contribution in [3.63, 3.8) is 0 Å². The number of hydrogen-bond donors (Lipinski definition) is 3. The first kappa shape index (κ1) is 79.4. The maximum atomic E-state index is 12.7. The van der Waals surface area contributed by atoms with E-state index in [4.69, 9.17) is 28.4 Å². The lowest BCUT2D eigenvalue weighted by atomic mass is 9.96. The van der Waals surface area contributed by atoms with E-state index in [-0.39, 0.29) is 59.8 Å². The van der Waals surface area contributed by atoms with Gasteiger partial charge in [0.2, 0.25) is 6.54 Å². The normalized spacial score (nSPS) is 13.4. The average molecular weight is 1510 g/mol. The minimum absolute atomic E-state index is 0.00904. The molecule has 12 rings (SSSR count). The van der Waals surface area contributed by atoms with Crippen LogP contribution in [0.25, 0.3) is 85.0 Å². The van der Waals surface area contributed by atoms with Gasteiger partial charge in [-0.1, -0.05) is 42.2 Å². The van der Waals surface area contributed by atoms with E-state index in [1.165, 1.54) is 96.5 Å². The minimum atomic E-state index is -1.32. The Labute approximate surface area is 633 Å². The second-order valence-corrected chi connectivity index (χ2v) is 26.3. The quantitative estimate of drug-likeness (QED) is 0.0332. The molecule has 29 nitrogen and oxygen atoms in total. The van der Waals surface area contributed by atoms with Gasteiger partial charge in [-0.3, -0.25) is 9.59 Å². The van der Waals surface area contributed by atoms with Gasteiger partial charge in [-0.15, -0.1) is 6.58 Å². The standard InChI is InChI=1S/C28H26N2O7.2C27H24N2O8/c1-15-6-18(25-20(15)10-29(9-17(3)31)12-22(25)27(34)36-4)8-19-7-16(2)21-11-30(14-24(32)33)13-23(26(19)21)28(35)37-5;1-14-5-17(25-18(14)8-28(12-22(30)31)11-21(25)27(35)37-4)7-16-6-15(2)24-19(16)9-29(13-23(32)33)10-20(24)26(34)36-3;1-14-5-16(18-8-28(12-22(30)31)10-20(24(14)18)26(34)36-3)7-17-6-15(2)25-19(17)9-29(13-23(32)33)11-21(25)27(35)37-4/h6-8,10-13H,3,9,14H2,1-2,4-5H3,(H-,31,32,33);2*5-11H,12-13H2,1-4H3,(H-,30,31,32,33). The van der Waals surface area contributed by atoms with Crippen molar-refractivity contribution >= 4 is 117 Å². The van der Waals surface area contributed by atoms with Crippen molar-refractivity contribution in [1.29, 1.82) is 0 Å². The zero-order valence-electron chi connectivity index (χ0n) is 62.3. The molecule has 3 aromatic rings. The number of fused-ring (bicyclic) bond motifs is 6. The highest BCUT2D eigenvalue weighted by Gasteiger charge is 2.35. The third-order valence-electron chi connectivity index (χ3n) is 18.6. The number of carboxylic acids is 5. The molecule has 0 amide bonds. The monoisotopic (exact) mass is 1510 g/mol. The summed E-state index contributed by atoms with van der Waals surface area (Å²) in [4.78, 5) is 132. The Kier molecular flexibility index (Phi) is 23.3. The maximum absolute atomic E-state index is 12.7. The fourth-order valence-corrected chi connectivity index (χ4v) is 14.2. The highest BCUT2D eigenvalue weighted by atomic mass is 16.5. The molecular formula is C82H74N6O23. The number of carbonyl (C=O) groups is 11. The van der Waals surface area contributed by atoms with Crippen molar-refractivity contribution in [2.24, 2.45) is 0 Å². The van der Waals surface area contributed by atoms with Gasteiger partial charge in [0.15, 0.2) is 50.3 Å². The third kappa shape index (κ3) is 16.6. The zero-order valence-corrected chi connectivity index (χ0v) is 62.3. The Morgan fingerprint density at radius 3 is 1.12 bits per heavy atom. The molecule has 0 radical (unpaired) electrons. The van der Waals surface area contributed by atoms with Crippen molar-refractivity contribution in [1.82, 2.24) is 13.7 Å². The first-order valence-corrected chi connectivity index (χ1v) is 33.8. The zero-order chi connectivity index (χ0) is 81.0. The third-order valence-corrected chi connectivity index (χ3v) is 18.6. The SMILES string of the molecule is C=C([O-])C[n+]1cc(C(=O)OC)c2c(c1)C(C)=C/C2=C\c1cc(C)c2cn(CC(=O)O)cc(C(=O)OC)c1-2.COC(=O)c1c[n+](CC(=O)O)cc2c1C(C)=CC2=Cc1cc(C)c2c(C(=O)OC)cn(CC(=O)[O-])cc1-2.COC(=O)c1c[n+](CC(=O)[O-])cc2c1C(C)=C/C2=C\c1cc(C)c2cn(CC(=O)O)cc(C(=O)OC)c1-2. The Hall–Kier alpha value is -14.1. The summed E-state index contributed by atoms with van der Waals surface area (Å²) in [5, 5.41) is 62.0. The molecule has 29 heteroatoms. The van der Waals surface area contributed by atoms with E-state index in [1.807, 2.05) is 96.2 Å². The van der Waals surface area contributed by atoms with Crippen LogP contribution in [0.4, 0.5) is 0 Å². The Morgan fingerprint density at radius 1 is 0.360 bits per heavy atom. The number of pyridine rings is 6. The van der Waals surface area contributed by atoms with Crippen LogP contribution in [-0.2, 0) is 91.7 Å². The first-order valence-electron chi connectivity index (χ1n) is 33.8. The summed E-state index contributed by atoms with van der Waals surface area (Å²) in [5.74, 6) is -9.66. The number of nitrogens with zero attached hydrogens (tertiary/aromatic N) is 6. The maximum Gasteiger partial charge on any atom is 0.370 e. The molecule has 9 aliphatic rings. The van der Waals surface area contributed by atoms with Gasteiger partial charge < -0.3 is 82.4 Å². The second kappa shape index (κ2) is 32.5. The molecule has 0 saturated heterocycles. The number of rotatable bonds is 21. The lowest BCUT2D eigenvalue weighted by Crippen LogP contribution is -2.44. The molecule has 0 unspecified atom stereocenters. The van der Waals surface area contributed by atoms with E-state index in [2.05, 4.69) is 6.58 Å². The number of methoxy groups -OCH3 is 6. The van der Waals surface area contributed by atoms with Crippen LogP contribution < -0.4 is 29.0 Å². The fourth-order valence-electron chi connectivity index (χ4n) is 14.2. The van der Waals surface area contributed by atoms with Crippen molar-refractivity contribution in [2.45, 2.75) is 80.8 Å². The molecule has 6 heterocycles. The molecule has 570 valence electrons. The average Bonchev–Trinajstić information content (AvgIpc) is 1.61. The summed E-state index contributed by atoms with van der Waals surface area (Å²) in [6, 6.07) is 5.64. The van der Waals surface area contributed by atoms with Crippen LogP contribution in [0.15, 0.2) is 123 Å². The van der Waals surface area contributed by atoms with E-state index >= 15 is 0 Å². The van der Waals surface area contributed by atoms with Crippen LogP contribution in [0.5, 0.6) is 0 Å². The molecule has 3 N–H and O–H groups in total. The number of esters is 6. The molecule has 0 fully saturated rings. The lowest BCUT2D eigenvalue weighted by molar-refractivity contribution is -0.700. The Bertz CT molecular complexity index is 5600. The lowest BCUT2D eigenvalue weighted by Gasteiger charge is -2.15. The summed E-state index contributed by atoms with van der Waals surface area (Å²) in [5.41, 5.74) is 18.3. The number of allylic oxidation sites excluding steroid dienone is 10. The second-order valence-electron chi connectivity index (χ2n) is 26.3. The van der Waals surface area contributed by atoms with Crippen LogP contribution in [0.1, 0.15) is 150 Å². The summed E-state index contributed by atoms with van der Waals surface area (Å²) in [6.07, 6.45) is 30.0. The van der Waals surface area contributed by atoms with Gasteiger partial charge in [-0.25, -0.2) is 38.1 Å². The molecule has 0 aromatic carbocycles. The van der Waals surface area contributed by atoms with Crippen LogP contribution >= 0.6 is 0 Å². The largest absolute Gasteiger partial charge is 0.872 e. The number of aromatic nitrogens is 6. The molecule has 3 aliphatic heterocycles. The highest BCUT2D eigenvalue weighted by Crippen LogP contribution is 2.46. The van der Waals surface area contributed by atoms with E-state index in [1.54, 1.807) is 47.9 Å². The molecule has 0 bridgehead atoms. The summed E-state index contributed by atoms with van der Waals surface area (Å²) in [6.45, 7) is 12.6. The molecule has 0 saturated carbocycles. The summed E-state index contributed by atoms with van der Waals surface area (Å²) < 4.78 is 38.3. The number of aryl methyl sites for hydroxylation is 3. The van der Waals surface area contributed by atoms with Gasteiger partial charge in [0.1, 0.15) is 35.7 Å². The topological polar surface area (TPSA) is 399 Å². The smallest absolute Gasteiger partial charge is 0.370 e. The number of ether oxygens (including phenoxy) is 6. The van der Waals surface area contributed by atoms with E-state index < -0.39 is 78.8 Å². The van der Waals surface area contributed by atoms with Gasteiger partial charge in [-0.05, 0) is 127 Å². The van der Waals surface area contributed by atoms with E-state index in [0.29, 0.717) is 94.6 Å². The predicted octanol–water partition coefficient (Wildman–Crippen LogP) is 5.79. The van der Waals surface area contributed by atoms with Gasteiger partial charge in [0.25, 0.3) is 0 Å². The van der Waals surface area contributed by atoms with Crippen molar-refractivity contribution in [3.8, 4) is 33.4 Å². The summed E-state index contributed by atoms with van der Waals surface area (Å²) in [7, 11) is 7.57. The van der Waals surface area contributed by atoms with Gasteiger partial charge in [0, 0.05) is 87.3 Å². The van der Waals surface area contributed by atoms with Crippen LogP contribution in [0, 0.1) is 20.8 Å². The molecule has 3 aromatic heterocycles. The fraction of sp³-hybridized carbons (Fsp3) is 0.220. The van der Waals surface area contributed by atoms with Gasteiger partial charge >= 0.3 is 53.7 Å². The number of hydrogen-bond acceptors (Lipinski definition) is 20. The molecule has 0 atom stereocenters. The minimum Gasteiger partial charge on any atom is -0.872 e. The summed E-state index contributed by atoms with van der Waals surface area (Å²) >= 11 is 0. The van der Waals surface area contributed by atoms with Gasteiger partial charge in [-0.2, -0.15) is 9.13 Å². The van der Waals surface area contributed by atoms with Crippen molar-refractivity contribution < 1.29 is 126 Å². The molecule has 111 heavy (non-hydrogen) atoms. The van der Waals surface area contributed by atoms with Crippen molar-refractivity contribution in [3.05, 3.63) is 223 Å². The van der Waals surface area contributed by atoms with E-state index in [0.717, 1.165) is 44.5 Å².